The van der Waals surface area contributed by atoms with Crippen LogP contribution in [0.1, 0.15) is 52.1 Å². The Hall–Kier alpha value is -2.73. The molecule has 0 bridgehead atoms. The van der Waals surface area contributed by atoms with Gasteiger partial charge in [0.15, 0.2) is 0 Å². The van der Waals surface area contributed by atoms with Crippen LogP contribution in [-0.4, -0.2) is 31.2 Å². The predicted octanol–water partition coefficient (Wildman–Crippen LogP) is 2.86. The van der Waals surface area contributed by atoms with Crippen molar-refractivity contribution in [3.8, 4) is 0 Å². The van der Waals surface area contributed by atoms with Crippen molar-refractivity contribution in [3.63, 3.8) is 0 Å². The lowest BCUT2D eigenvalue weighted by molar-refractivity contribution is -0.136. The molecule has 0 radical (unpaired) electrons. The molecule has 0 saturated heterocycles. The van der Waals surface area contributed by atoms with E-state index in [1.54, 1.807) is 4.68 Å². The van der Waals surface area contributed by atoms with Crippen molar-refractivity contribution >= 4 is 17.0 Å². The molecule has 27 heavy (non-hydrogen) atoms. The molecule has 2 N–H and O–H groups in total. The fourth-order valence-corrected chi connectivity index (χ4v) is 4.37. The van der Waals surface area contributed by atoms with Crippen LogP contribution in [0.2, 0.25) is 0 Å². The number of rotatable bonds is 5. The standard InChI is InChI=1S/C21H23N3O3/c1-12-15(6-7-19-21(12)22-23-24(19)2)17-5-4-16-14(11-25)9-13(10-18(16)17)3-8-20(26)27/h6-7,9-10,17,25H,3-5,8,11H2,1-2H3,(H,26,27)/t17-/m1/s1. The van der Waals surface area contributed by atoms with E-state index in [1.165, 1.54) is 16.7 Å². The lowest BCUT2D eigenvalue weighted by atomic mass is 9.87. The number of benzene rings is 2. The van der Waals surface area contributed by atoms with Gasteiger partial charge in [-0.2, -0.15) is 0 Å². The first-order valence-corrected chi connectivity index (χ1v) is 9.25. The minimum Gasteiger partial charge on any atom is -0.481 e. The SMILES string of the molecule is Cc1c([C@H]2CCc3c(CO)cc(CCC(=O)O)cc32)ccc2c1nnn2C. The van der Waals surface area contributed by atoms with Crippen LogP contribution in [0.3, 0.4) is 0 Å². The monoisotopic (exact) mass is 365 g/mol. The highest BCUT2D eigenvalue weighted by molar-refractivity contribution is 5.79. The lowest BCUT2D eigenvalue weighted by Gasteiger charge is -2.17. The molecule has 0 spiro atoms. The summed E-state index contributed by atoms with van der Waals surface area (Å²) in [6, 6.07) is 8.32. The largest absolute Gasteiger partial charge is 0.481 e. The van der Waals surface area contributed by atoms with Gasteiger partial charge in [-0.25, -0.2) is 4.68 Å². The summed E-state index contributed by atoms with van der Waals surface area (Å²) in [5.41, 5.74) is 8.64. The highest BCUT2D eigenvalue weighted by atomic mass is 16.4. The highest BCUT2D eigenvalue weighted by Gasteiger charge is 2.28. The van der Waals surface area contributed by atoms with E-state index in [4.69, 9.17) is 5.11 Å². The third-order valence-electron chi connectivity index (χ3n) is 5.75. The van der Waals surface area contributed by atoms with Gasteiger partial charge >= 0.3 is 5.97 Å². The Bertz CT molecular complexity index is 1040. The summed E-state index contributed by atoms with van der Waals surface area (Å²) >= 11 is 0. The summed E-state index contributed by atoms with van der Waals surface area (Å²) in [6.45, 7) is 2.07. The third-order valence-corrected chi connectivity index (χ3v) is 5.75. The van der Waals surface area contributed by atoms with E-state index in [0.717, 1.165) is 40.6 Å². The minimum atomic E-state index is -0.804. The molecule has 4 rings (SSSR count). The number of aryl methyl sites for hydroxylation is 3. The maximum atomic E-state index is 11.0. The number of hydrogen-bond donors (Lipinski definition) is 2. The van der Waals surface area contributed by atoms with E-state index in [-0.39, 0.29) is 18.9 Å². The zero-order valence-corrected chi connectivity index (χ0v) is 15.6. The van der Waals surface area contributed by atoms with Crippen LogP contribution in [-0.2, 0) is 31.3 Å². The second-order valence-electron chi connectivity index (χ2n) is 7.33. The Morgan fingerprint density at radius 1 is 1.30 bits per heavy atom. The van der Waals surface area contributed by atoms with E-state index in [2.05, 4.69) is 35.4 Å². The van der Waals surface area contributed by atoms with Crippen LogP contribution in [0.5, 0.6) is 0 Å². The van der Waals surface area contributed by atoms with Gasteiger partial charge in [0.2, 0.25) is 0 Å². The third kappa shape index (κ3) is 3.00. The highest BCUT2D eigenvalue weighted by Crippen LogP contribution is 2.42. The number of aliphatic hydroxyl groups is 1. The topological polar surface area (TPSA) is 88.2 Å². The summed E-state index contributed by atoms with van der Waals surface area (Å²) in [6.07, 6.45) is 2.48. The van der Waals surface area contributed by atoms with Crippen molar-refractivity contribution in [2.45, 2.75) is 45.1 Å². The number of aliphatic carboxylic acids is 1. The van der Waals surface area contributed by atoms with Gasteiger partial charge in [-0.3, -0.25) is 4.79 Å². The van der Waals surface area contributed by atoms with Crippen LogP contribution in [0.25, 0.3) is 11.0 Å². The smallest absolute Gasteiger partial charge is 0.303 e. The predicted molar refractivity (Wildman–Crippen MR) is 102 cm³/mol. The molecule has 1 aliphatic carbocycles. The number of fused-ring (bicyclic) bond motifs is 2. The summed E-state index contributed by atoms with van der Waals surface area (Å²) in [5, 5.41) is 27.3. The molecule has 0 amide bonds. The molecule has 6 heteroatoms. The number of carboxylic acids is 1. The molecule has 0 unspecified atom stereocenters. The van der Waals surface area contributed by atoms with Crippen molar-refractivity contribution in [1.29, 1.82) is 0 Å². The average molecular weight is 365 g/mol. The van der Waals surface area contributed by atoms with Gasteiger partial charge in [0, 0.05) is 19.4 Å². The molecule has 1 atom stereocenters. The lowest BCUT2D eigenvalue weighted by Crippen LogP contribution is -2.04. The molecule has 6 nitrogen and oxygen atoms in total. The second-order valence-corrected chi connectivity index (χ2v) is 7.33. The van der Waals surface area contributed by atoms with Crippen molar-refractivity contribution < 1.29 is 15.0 Å². The van der Waals surface area contributed by atoms with E-state index in [0.29, 0.717) is 6.42 Å². The normalized spacial score (nSPS) is 16.0. The van der Waals surface area contributed by atoms with Crippen molar-refractivity contribution in [2.24, 2.45) is 7.05 Å². The summed E-state index contributed by atoms with van der Waals surface area (Å²) < 4.78 is 1.78. The molecule has 3 aromatic rings. The van der Waals surface area contributed by atoms with Crippen LogP contribution in [0, 0.1) is 6.92 Å². The molecule has 0 saturated carbocycles. The van der Waals surface area contributed by atoms with Crippen molar-refractivity contribution in [2.75, 3.05) is 0 Å². The molecule has 0 fully saturated rings. The van der Waals surface area contributed by atoms with Gasteiger partial charge in [0.1, 0.15) is 5.52 Å². The van der Waals surface area contributed by atoms with Crippen LogP contribution < -0.4 is 0 Å². The molecule has 140 valence electrons. The molecule has 1 aliphatic rings. The fourth-order valence-electron chi connectivity index (χ4n) is 4.37. The van der Waals surface area contributed by atoms with Crippen LogP contribution in [0.4, 0.5) is 0 Å². The Kier molecular flexibility index (Phi) is 4.44. The Balaban J connectivity index is 1.79. The van der Waals surface area contributed by atoms with E-state index < -0.39 is 5.97 Å². The van der Waals surface area contributed by atoms with Crippen LogP contribution >= 0.6 is 0 Å². The number of aromatic nitrogens is 3. The fraction of sp³-hybridized carbons (Fsp3) is 0.381. The molecule has 0 aliphatic heterocycles. The zero-order chi connectivity index (χ0) is 19.1. The summed E-state index contributed by atoms with van der Waals surface area (Å²) in [5.74, 6) is -0.567. The number of hydrogen-bond acceptors (Lipinski definition) is 4. The maximum absolute atomic E-state index is 11.0. The first-order valence-electron chi connectivity index (χ1n) is 9.25. The second kappa shape index (κ2) is 6.78. The van der Waals surface area contributed by atoms with Gasteiger partial charge in [0.25, 0.3) is 0 Å². The van der Waals surface area contributed by atoms with Gasteiger partial charge in [-0.15, -0.1) is 5.10 Å². The van der Waals surface area contributed by atoms with Gasteiger partial charge in [-0.1, -0.05) is 23.4 Å². The number of carboxylic acid groups (broad SMARTS) is 1. The van der Waals surface area contributed by atoms with Crippen LogP contribution in [0.15, 0.2) is 24.3 Å². The number of nitrogens with zero attached hydrogens (tertiary/aromatic N) is 3. The Labute approximate surface area is 157 Å². The molecular weight excluding hydrogens is 342 g/mol. The molecular formula is C21H23N3O3. The van der Waals surface area contributed by atoms with Gasteiger partial charge in [-0.05, 0) is 65.6 Å². The van der Waals surface area contributed by atoms with Gasteiger partial charge in [0.05, 0.1) is 12.1 Å². The first-order chi connectivity index (χ1) is 13.0. The summed E-state index contributed by atoms with van der Waals surface area (Å²) in [7, 11) is 1.89. The molecule has 2 aromatic carbocycles. The number of carbonyl (C=O) groups is 1. The number of aliphatic hydroxyl groups excluding tert-OH is 1. The van der Waals surface area contributed by atoms with Gasteiger partial charge < -0.3 is 10.2 Å². The maximum Gasteiger partial charge on any atom is 0.303 e. The van der Waals surface area contributed by atoms with E-state index in [9.17, 15) is 9.90 Å². The molecule has 1 aromatic heterocycles. The minimum absolute atomic E-state index is 0.0157. The van der Waals surface area contributed by atoms with E-state index in [1.807, 2.05) is 13.1 Å². The Morgan fingerprint density at radius 3 is 2.85 bits per heavy atom. The summed E-state index contributed by atoms with van der Waals surface area (Å²) in [4.78, 5) is 11.0. The van der Waals surface area contributed by atoms with Crippen molar-refractivity contribution in [1.82, 2.24) is 15.0 Å². The molecule has 1 heterocycles. The quantitative estimate of drug-likeness (QED) is 0.726. The zero-order valence-electron chi connectivity index (χ0n) is 15.6. The average Bonchev–Trinajstić information content (AvgIpc) is 3.24. The van der Waals surface area contributed by atoms with E-state index >= 15 is 0 Å². The Morgan fingerprint density at radius 2 is 2.11 bits per heavy atom. The van der Waals surface area contributed by atoms with Crippen molar-refractivity contribution in [3.05, 3.63) is 57.6 Å². The first kappa shape index (κ1) is 17.7.